The van der Waals surface area contributed by atoms with Crippen molar-refractivity contribution in [1.82, 2.24) is 24.9 Å². The van der Waals surface area contributed by atoms with Gasteiger partial charge in [0.05, 0.1) is 23.9 Å². The highest BCUT2D eigenvalue weighted by molar-refractivity contribution is 5.80. The number of carbonyl (C=O) groups is 1. The minimum atomic E-state index is 0.136. The van der Waals surface area contributed by atoms with Crippen LogP contribution in [0.25, 0.3) is 0 Å². The first-order valence-corrected chi connectivity index (χ1v) is 8.48. The SMILES string of the molecule is CCc1nn(C)c(CC)c1CC(=O)N1CCCC1c1ccn[nH]1. The lowest BCUT2D eigenvalue weighted by molar-refractivity contribution is -0.131. The van der Waals surface area contributed by atoms with Crippen LogP contribution in [0.15, 0.2) is 12.3 Å². The first-order valence-electron chi connectivity index (χ1n) is 8.48. The van der Waals surface area contributed by atoms with Crippen LogP contribution in [0.2, 0.25) is 0 Å². The molecule has 1 aliphatic heterocycles. The number of rotatable bonds is 5. The van der Waals surface area contributed by atoms with Crippen LogP contribution in [0.4, 0.5) is 0 Å². The molecule has 6 nitrogen and oxygen atoms in total. The molecule has 0 bridgehead atoms. The van der Waals surface area contributed by atoms with Crippen molar-refractivity contribution in [3.8, 4) is 0 Å². The number of amides is 1. The molecule has 0 spiro atoms. The van der Waals surface area contributed by atoms with Crippen LogP contribution >= 0.6 is 0 Å². The van der Waals surface area contributed by atoms with E-state index in [2.05, 4.69) is 29.1 Å². The molecule has 0 saturated carbocycles. The lowest BCUT2D eigenvalue weighted by Gasteiger charge is -2.24. The van der Waals surface area contributed by atoms with Crippen LogP contribution in [0.1, 0.15) is 55.4 Å². The molecule has 3 rings (SSSR count). The zero-order valence-electron chi connectivity index (χ0n) is 14.2. The number of aryl methyl sites for hydroxylation is 2. The van der Waals surface area contributed by atoms with Crippen molar-refractivity contribution in [2.45, 2.75) is 52.0 Å². The fourth-order valence-corrected chi connectivity index (χ4v) is 3.69. The Labute approximate surface area is 136 Å². The van der Waals surface area contributed by atoms with Gasteiger partial charge in [-0.3, -0.25) is 14.6 Å². The maximum atomic E-state index is 12.9. The zero-order chi connectivity index (χ0) is 16.4. The van der Waals surface area contributed by atoms with Gasteiger partial charge in [-0.05, 0) is 31.7 Å². The van der Waals surface area contributed by atoms with Crippen LogP contribution < -0.4 is 0 Å². The van der Waals surface area contributed by atoms with Crippen LogP contribution in [0.5, 0.6) is 0 Å². The van der Waals surface area contributed by atoms with E-state index in [9.17, 15) is 4.79 Å². The molecule has 2 aromatic heterocycles. The highest BCUT2D eigenvalue weighted by Gasteiger charge is 2.31. The number of carbonyl (C=O) groups excluding carboxylic acids is 1. The standard InChI is InChI=1S/C17H25N5O/c1-4-13-12(15(5-2)21(3)20-13)11-17(23)22-10-6-7-16(22)14-8-9-18-19-14/h8-9,16H,4-7,10-11H2,1-3H3,(H,18,19). The molecule has 0 aromatic carbocycles. The molecule has 0 aliphatic carbocycles. The molecule has 2 aromatic rings. The van der Waals surface area contributed by atoms with Gasteiger partial charge in [-0.25, -0.2) is 0 Å². The Balaban J connectivity index is 1.82. The van der Waals surface area contributed by atoms with Gasteiger partial charge in [0.2, 0.25) is 5.91 Å². The Morgan fingerprint density at radius 2 is 2.22 bits per heavy atom. The second kappa shape index (κ2) is 6.56. The van der Waals surface area contributed by atoms with Gasteiger partial charge in [0, 0.05) is 31.0 Å². The van der Waals surface area contributed by atoms with Crippen molar-refractivity contribution in [2.24, 2.45) is 7.05 Å². The highest BCUT2D eigenvalue weighted by Crippen LogP contribution is 2.31. The van der Waals surface area contributed by atoms with Crippen LogP contribution in [0, 0.1) is 0 Å². The van der Waals surface area contributed by atoms with Crippen LogP contribution in [-0.4, -0.2) is 37.3 Å². The summed E-state index contributed by atoms with van der Waals surface area (Å²) in [5, 5.41) is 11.6. The van der Waals surface area contributed by atoms with Gasteiger partial charge in [0.1, 0.15) is 0 Å². The lowest BCUT2D eigenvalue weighted by Crippen LogP contribution is -2.32. The number of likely N-dealkylation sites (tertiary alicyclic amines) is 1. The predicted octanol–water partition coefficient (Wildman–Crippen LogP) is 2.17. The molecule has 124 valence electrons. The van der Waals surface area contributed by atoms with E-state index in [1.165, 1.54) is 5.69 Å². The van der Waals surface area contributed by atoms with Gasteiger partial charge in [0.25, 0.3) is 0 Å². The monoisotopic (exact) mass is 315 g/mol. The number of hydrogen-bond donors (Lipinski definition) is 1. The molecular formula is C17H25N5O. The van der Waals surface area contributed by atoms with E-state index in [-0.39, 0.29) is 11.9 Å². The number of aromatic amines is 1. The van der Waals surface area contributed by atoms with Crippen molar-refractivity contribution >= 4 is 5.91 Å². The molecule has 23 heavy (non-hydrogen) atoms. The van der Waals surface area contributed by atoms with E-state index < -0.39 is 0 Å². The Bertz CT molecular complexity index is 673. The topological polar surface area (TPSA) is 66.8 Å². The Morgan fingerprint density at radius 1 is 1.39 bits per heavy atom. The van der Waals surface area contributed by atoms with Crippen molar-refractivity contribution in [3.05, 3.63) is 34.9 Å². The van der Waals surface area contributed by atoms with Crippen molar-refractivity contribution in [1.29, 1.82) is 0 Å². The fraction of sp³-hybridized carbons (Fsp3) is 0.588. The summed E-state index contributed by atoms with van der Waals surface area (Å²) in [5.74, 6) is 0.194. The summed E-state index contributed by atoms with van der Waals surface area (Å²) in [6.45, 7) is 5.04. The summed E-state index contributed by atoms with van der Waals surface area (Å²) in [5.41, 5.74) is 4.38. The maximum absolute atomic E-state index is 12.9. The van der Waals surface area contributed by atoms with E-state index in [1.807, 2.05) is 22.7 Å². The molecular weight excluding hydrogens is 290 g/mol. The van der Waals surface area contributed by atoms with E-state index in [0.29, 0.717) is 6.42 Å². The molecule has 1 aliphatic rings. The largest absolute Gasteiger partial charge is 0.334 e. The van der Waals surface area contributed by atoms with E-state index >= 15 is 0 Å². The van der Waals surface area contributed by atoms with Crippen molar-refractivity contribution in [2.75, 3.05) is 6.54 Å². The van der Waals surface area contributed by atoms with Crippen molar-refractivity contribution < 1.29 is 4.79 Å². The zero-order valence-corrected chi connectivity index (χ0v) is 14.2. The third-order valence-corrected chi connectivity index (χ3v) is 4.81. The molecule has 1 amide bonds. The Morgan fingerprint density at radius 3 is 2.87 bits per heavy atom. The lowest BCUT2D eigenvalue weighted by atomic mass is 10.0. The van der Waals surface area contributed by atoms with Gasteiger partial charge in [-0.1, -0.05) is 13.8 Å². The number of aromatic nitrogens is 4. The molecule has 1 saturated heterocycles. The first-order chi connectivity index (χ1) is 11.2. The van der Waals surface area contributed by atoms with Gasteiger partial charge in [-0.15, -0.1) is 0 Å². The second-order valence-electron chi connectivity index (χ2n) is 6.14. The molecule has 1 unspecified atom stereocenters. The van der Waals surface area contributed by atoms with Gasteiger partial charge < -0.3 is 4.90 Å². The van der Waals surface area contributed by atoms with Gasteiger partial charge in [-0.2, -0.15) is 10.2 Å². The normalized spacial score (nSPS) is 17.9. The molecule has 6 heteroatoms. The predicted molar refractivity (Wildman–Crippen MR) is 87.9 cm³/mol. The smallest absolute Gasteiger partial charge is 0.227 e. The third-order valence-electron chi connectivity index (χ3n) is 4.81. The Kier molecular flexibility index (Phi) is 4.50. The minimum Gasteiger partial charge on any atom is -0.334 e. The highest BCUT2D eigenvalue weighted by atomic mass is 16.2. The summed E-state index contributed by atoms with van der Waals surface area (Å²) in [7, 11) is 1.97. The first kappa shape index (κ1) is 15.8. The van der Waals surface area contributed by atoms with E-state index in [1.54, 1.807) is 6.20 Å². The molecule has 3 heterocycles. The Hall–Kier alpha value is -2.11. The molecule has 0 radical (unpaired) electrons. The molecule has 1 atom stereocenters. The van der Waals surface area contributed by atoms with E-state index in [4.69, 9.17) is 0 Å². The summed E-state index contributed by atoms with van der Waals surface area (Å²) in [4.78, 5) is 14.9. The van der Waals surface area contributed by atoms with Crippen LogP contribution in [0.3, 0.4) is 0 Å². The van der Waals surface area contributed by atoms with Gasteiger partial charge >= 0.3 is 0 Å². The average molecular weight is 315 g/mol. The fourth-order valence-electron chi connectivity index (χ4n) is 3.69. The summed E-state index contributed by atoms with van der Waals surface area (Å²) in [6.07, 6.45) is 6.01. The molecule has 1 fully saturated rings. The second-order valence-corrected chi connectivity index (χ2v) is 6.14. The van der Waals surface area contributed by atoms with Gasteiger partial charge in [0.15, 0.2) is 0 Å². The number of nitrogens with zero attached hydrogens (tertiary/aromatic N) is 4. The quantitative estimate of drug-likeness (QED) is 0.919. The minimum absolute atomic E-state index is 0.136. The summed E-state index contributed by atoms with van der Waals surface area (Å²) < 4.78 is 1.93. The number of nitrogens with one attached hydrogen (secondary N) is 1. The summed E-state index contributed by atoms with van der Waals surface area (Å²) >= 11 is 0. The van der Waals surface area contributed by atoms with Crippen LogP contribution in [-0.2, 0) is 31.1 Å². The molecule has 1 N–H and O–H groups in total. The average Bonchev–Trinajstić information content (AvgIpc) is 3.26. The third kappa shape index (κ3) is 2.90. The number of H-pyrrole nitrogens is 1. The van der Waals surface area contributed by atoms with E-state index in [0.717, 1.165) is 49.2 Å². The maximum Gasteiger partial charge on any atom is 0.227 e. The summed E-state index contributed by atoms with van der Waals surface area (Å²) in [6, 6.07) is 2.10. The number of hydrogen-bond acceptors (Lipinski definition) is 3. The van der Waals surface area contributed by atoms with Crippen molar-refractivity contribution in [3.63, 3.8) is 0 Å².